The van der Waals surface area contributed by atoms with Gasteiger partial charge in [0.15, 0.2) is 5.82 Å². The number of carbonyl (C=O) groups excluding carboxylic acids is 1. The number of amides is 2. The molecule has 0 fully saturated rings. The Morgan fingerprint density at radius 2 is 2.19 bits per heavy atom. The number of nitrogens with one attached hydrogen (secondary N) is 3. The second-order valence-corrected chi connectivity index (χ2v) is 4.29. The number of hydrogen-bond donors (Lipinski definition) is 3. The molecule has 0 saturated heterocycles. The molecule has 2 rings (SSSR count). The van der Waals surface area contributed by atoms with E-state index in [0.29, 0.717) is 13.0 Å². The van der Waals surface area contributed by atoms with Crippen LogP contribution < -0.4 is 20.9 Å². The molecule has 0 aliphatic rings. The molecule has 2 aromatic rings. The van der Waals surface area contributed by atoms with Crippen molar-refractivity contribution in [2.45, 2.75) is 6.42 Å². The van der Waals surface area contributed by atoms with Gasteiger partial charge in [0.1, 0.15) is 5.75 Å². The Hall–Kier alpha value is -2.83. The molecule has 0 saturated carbocycles. The Kier molecular flexibility index (Phi) is 4.92. The molecule has 1 aromatic carbocycles. The van der Waals surface area contributed by atoms with E-state index in [1.165, 1.54) is 12.1 Å². The van der Waals surface area contributed by atoms with Gasteiger partial charge in [-0.25, -0.2) is 9.89 Å². The first-order valence-corrected chi connectivity index (χ1v) is 6.41. The van der Waals surface area contributed by atoms with Crippen LogP contribution in [0, 0.1) is 0 Å². The number of methoxy groups -OCH3 is 1. The van der Waals surface area contributed by atoms with Crippen LogP contribution in [0.5, 0.6) is 5.75 Å². The van der Waals surface area contributed by atoms with Gasteiger partial charge in [-0.3, -0.25) is 10.1 Å². The van der Waals surface area contributed by atoms with Gasteiger partial charge < -0.3 is 10.1 Å². The van der Waals surface area contributed by atoms with E-state index >= 15 is 0 Å². The summed E-state index contributed by atoms with van der Waals surface area (Å²) >= 11 is 0. The molecular formula is C14H16N4O3. The summed E-state index contributed by atoms with van der Waals surface area (Å²) in [6.07, 6.45) is 0.684. The monoisotopic (exact) mass is 288 g/mol. The Morgan fingerprint density at radius 1 is 1.33 bits per heavy atom. The molecule has 3 N–H and O–H groups in total. The molecule has 1 heterocycles. The second-order valence-electron chi connectivity index (χ2n) is 4.29. The van der Waals surface area contributed by atoms with Crippen molar-refractivity contribution in [3.63, 3.8) is 0 Å². The second kappa shape index (κ2) is 7.09. The maximum atomic E-state index is 11.6. The van der Waals surface area contributed by atoms with E-state index in [1.807, 2.05) is 24.3 Å². The number of ether oxygens (including phenoxy) is 1. The molecule has 0 radical (unpaired) electrons. The third-order valence-corrected chi connectivity index (χ3v) is 2.75. The lowest BCUT2D eigenvalue weighted by Gasteiger charge is -2.07. The molecule has 7 heteroatoms. The molecule has 21 heavy (non-hydrogen) atoms. The molecule has 0 aliphatic heterocycles. The van der Waals surface area contributed by atoms with Crippen molar-refractivity contribution in [1.29, 1.82) is 0 Å². The predicted octanol–water partition coefficient (Wildman–Crippen LogP) is 1.14. The first-order valence-electron chi connectivity index (χ1n) is 6.41. The van der Waals surface area contributed by atoms with Crippen LogP contribution in [0.4, 0.5) is 10.6 Å². The van der Waals surface area contributed by atoms with E-state index in [0.717, 1.165) is 11.3 Å². The summed E-state index contributed by atoms with van der Waals surface area (Å²) in [5.41, 5.74) is 0.746. The van der Waals surface area contributed by atoms with Gasteiger partial charge >= 0.3 is 6.03 Å². The smallest absolute Gasteiger partial charge is 0.320 e. The van der Waals surface area contributed by atoms with Gasteiger partial charge in [0.25, 0.3) is 5.56 Å². The molecule has 7 nitrogen and oxygen atoms in total. The molecule has 0 aliphatic carbocycles. The summed E-state index contributed by atoms with van der Waals surface area (Å²) in [5, 5.41) is 11.1. The maximum Gasteiger partial charge on any atom is 0.320 e. The minimum Gasteiger partial charge on any atom is -0.497 e. The van der Waals surface area contributed by atoms with Crippen LogP contribution in [0.25, 0.3) is 0 Å². The maximum absolute atomic E-state index is 11.6. The topological polar surface area (TPSA) is 96.1 Å². The highest BCUT2D eigenvalue weighted by Gasteiger charge is 2.02. The molecule has 1 aromatic heterocycles. The predicted molar refractivity (Wildman–Crippen MR) is 78.6 cm³/mol. The summed E-state index contributed by atoms with van der Waals surface area (Å²) < 4.78 is 5.13. The highest BCUT2D eigenvalue weighted by molar-refractivity contribution is 5.87. The van der Waals surface area contributed by atoms with Crippen molar-refractivity contribution in [2.24, 2.45) is 0 Å². The van der Waals surface area contributed by atoms with Gasteiger partial charge in [-0.15, -0.1) is 0 Å². The molecule has 110 valence electrons. The van der Waals surface area contributed by atoms with Crippen molar-refractivity contribution in [2.75, 3.05) is 19.0 Å². The first-order chi connectivity index (χ1) is 10.2. The SMILES string of the molecule is COc1cccc(CCNC(=O)Nc2ccc(=O)[nH]n2)c1. The van der Waals surface area contributed by atoms with Gasteiger partial charge in [0, 0.05) is 12.6 Å². The van der Waals surface area contributed by atoms with Crippen LogP contribution in [-0.2, 0) is 6.42 Å². The number of aromatic amines is 1. The Balaban J connectivity index is 1.78. The third kappa shape index (κ3) is 4.64. The molecule has 0 atom stereocenters. The largest absolute Gasteiger partial charge is 0.497 e. The Morgan fingerprint density at radius 3 is 2.90 bits per heavy atom. The Bertz CT molecular complexity index is 649. The minimum atomic E-state index is -0.377. The molecule has 2 amide bonds. The summed E-state index contributed by atoms with van der Waals surface area (Å²) in [7, 11) is 1.61. The van der Waals surface area contributed by atoms with Crippen LogP contribution in [0.15, 0.2) is 41.2 Å². The van der Waals surface area contributed by atoms with Crippen LogP contribution in [0.2, 0.25) is 0 Å². The summed E-state index contributed by atoms with van der Waals surface area (Å²) in [4.78, 5) is 22.5. The van der Waals surface area contributed by atoms with Crippen molar-refractivity contribution < 1.29 is 9.53 Å². The molecule has 0 unspecified atom stereocenters. The number of hydrogen-bond acceptors (Lipinski definition) is 4. The van der Waals surface area contributed by atoms with E-state index in [9.17, 15) is 9.59 Å². The molecule has 0 bridgehead atoms. The summed E-state index contributed by atoms with van der Waals surface area (Å²) in [6.45, 7) is 0.475. The van der Waals surface area contributed by atoms with Crippen molar-refractivity contribution in [1.82, 2.24) is 15.5 Å². The van der Waals surface area contributed by atoms with E-state index < -0.39 is 0 Å². The zero-order valence-corrected chi connectivity index (χ0v) is 11.6. The number of anilines is 1. The first kappa shape index (κ1) is 14.6. The van der Waals surface area contributed by atoms with Crippen LogP contribution in [0.3, 0.4) is 0 Å². The highest BCUT2D eigenvalue weighted by Crippen LogP contribution is 2.12. The average Bonchev–Trinajstić information content (AvgIpc) is 2.50. The van der Waals surface area contributed by atoms with Crippen LogP contribution in [0.1, 0.15) is 5.56 Å². The number of benzene rings is 1. The normalized spacial score (nSPS) is 9.95. The lowest BCUT2D eigenvalue weighted by atomic mass is 10.1. The summed E-state index contributed by atoms with van der Waals surface area (Å²) in [5.74, 6) is 1.07. The van der Waals surface area contributed by atoms with Crippen molar-refractivity contribution in [3.05, 3.63) is 52.3 Å². The van der Waals surface area contributed by atoms with Gasteiger partial charge in [-0.1, -0.05) is 12.1 Å². The van der Waals surface area contributed by atoms with E-state index in [4.69, 9.17) is 4.74 Å². The van der Waals surface area contributed by atoms with Gasteiger partial charge in [0.2, 0.25) is 0 Å². The number of rotatable bonds is 5. The summed E-state index contributed by atoms with van der Waals surface area (Å²) in [6, 6.07) is 10.00. The number of aromatic nitrogens is 2. The van der Waals surface area contributed by atoms with Gasteiger partial charge in [0.05, 0.1) is 7.11 Å². The fourth-order valence-corrected chi connectivity index (χ4v) is 1.72. The fraction of sp³-hybridized carbons (Fsp3) is 0.214. The van der Waals surface area contributed by atoms with E-state index in [2.05, 4.69) is 20.8 Å². The standard InChI is InChI=1S/C14H16N4O3/c1-21-11-4-2-3-10(9-11)7-8-15-14(20)16-12-5-6-13(19)18-17-12/h2-6,9H,7-8H2,1H3,(H,18,19)(H2,15,16,17,20). The zero-order chi connectivity index (χ0) is 15.1. The molecule has 0 spiro atoms. The lowest BCUT2D eigenvalue weighted by molar-refractivity contribution is 0.252. The zero-order valence-electron chi connectivity index (χ0n) is 11.6. The minimum absolute atomic E-state index is 0.286. The van der Waals surface area contributed by atoms with Crippen LogP contribution >= 0.6 is 0 Å². The van der Waals surface area contributed by atoms with Crippen molar-refractivity contribution in [3.8, 4) is 5.75 Å². The van der Waals surface area contributed by atoms with Gasteiger partial charge in [-0.05, 0) is 30.2 Å². The molecular weight excluding hydrogens is 272 g/mol. The quantitative estimate of drug-likeness (QED) is 0.768. The lowest BCUT2D eigenvalue weighted by Crippen LogP contribution is -2.31. The number of H-pyrrole nitrogens is 1. The van der Waals surface area contributed by atoms with Crippen LogP contribution in [-0.4, -0.2) is 29.9 Å². The van der Waals surface area contributed by atoms with E-state index in [1.54, 1.807) is 7.11 Å². The van der Waals surface area contributed by atoms with Gasteiger partial charge in [-0.2, -0.15) is 5.10 Å². The third-order valence-electron chi connectivity index (χ3n) is 2.75. The average molecular weight is 288 g/mol. The van der Waals surface area contributed by atoms with Crippen molar-refractivity contribution >= 4 is 11.8 Å². The fourth-order valence-electron chi connectivity index (χ4n) is 1.72. The number of carbonyl (C=O) groups is 1. The van der Waals surface area contributed by atoms with E-state index in [-0.39, 0.29) is 17.4 Å². The highest BCUT2D eigenvalue weighted by atomic mass is 16.5. The Labute approximate surface area is 121 Å². The number of urea groups is 1. The number of nitrogens with zero attached hydrogens (tertiary/aromatic N) is 1.